The van der Waals surface area contributed by atoms with Crippen LogP contribution in [0.4, 0.5) is 10.1 Å². The van der Waals surface area contributed by atoms with Crippen molar-refractivity contribution in [2.24, 2.45) is 11.1 Å². The zero-order valence-corrected chi connectivity index (χ0v) is 18.9. The Morgan fingerprint density at radius 2 is 1.80 bits per heavy atom. The van der Waals surface area contributed by atoms with Gasteiger partial charge in [-0.05, 0) is 35.9 Å². The van der Waals surface area contributed by atoms with Crippen molar-refractivity contribution in [2.45, 2.75) is 18.0 Å². The molecule has 4 atom stereocenters. The molecule has 0 aromatic heterocycles. The molecule has 0 spiro atoms. The first-order valence-electron chi connectivity index (χ1n) is 11.1. The van der Waals surface area contributed by atoms with Gasteiger partial charge in [0, 0.05) is 22.7 Å². The third-order valence-corrected chi connectivity index (χ3v) is 6.99. The van der Waals surface area contributed by atoms with Crippen LogP contribution < -0.4 is 15.4 Å². The SMILES string of the molecule is COc1ccc([C@H]2[C@H](C(=O)c3ccccc3)N3c4ccc(F)cc4C=C[C@@H]3[C@@]2(C#N)C(N)=O)cc1. The van der Waals surface area contributed by atoms with Gasteiger partial charge in [0.25, 0.3) is 0 Å². The summed E-state index contributed by atoms with van der Waals surface area (Å²) in [6.45, 7) is 0. The van der Waals surface area contributed by atoms with Gasteiger partial charge in [-0.1, -0.05) is 54.6 Å². The predicted molar refractivity (Wildman–Crippen MR) is 129 cm³/mol. The van der Waals surface area contributed by atoms with Crippen molar-refractivity contribution in [2.75, 3.05) is 12.0 Å². The van der Waals surface area contributed by atoms with Gasteiger partial charge >= 0.3 is 0 Å². The summed E-state index contributed by atoms with van der Waals surface area (Å²) >= 11 is 0. The van der Waals surface area contributed by atoms with E-state index in [1.54, 1.807) is 77.7 Å². The van der Waals surface area contributed by atoms with Gasteiger partial charge in [0.2, 0.25) is 5.91 Å². The summed E-state index contributed by atoms with van der Waals surface area (Å²) < 4.78 is 19.3. The van der Waals surface area contributed by atoms with Crippen LogP contribution in [-0.2, 0) is 4.79 Å². The smallest absolute Gasteiger partial charge is 0.241 e. The average Bonchev–Trinajstić information content (AvgIpc) is 3.20. The van der Waals surface area contributed by atoms with Crippen LogP contribution in [0.5, 0.6) is 5.75 Å². The molecule has 0 bridgehead atoms. The van der Waals surface area contributed by atoms with E-state index in [4.69, 9.17) is 10.5 Å². The summed E-state index contributed by atoms with van der Waals surface area (Å²) in [5.41, 5.74) is 6.36. The lowest BCUT2D eigenvalue weighted by molar-refractivity contribution is -0.125. The molecule has 35 heavy (non-hydrogen) atoms. The van der Waals surface area contributed by atoms with Crippen LogP contribution in [0.15, 0.2) is 78.9 Å². The standard InChI is InChI=1S/C28H22FN3O3/c1-35-21-11-7-17(8-12-21)24-25(26(33)18-5-3-2-4-6-18)32-22-13-10-20(29)15-19(22)9-14-23(32)28(24,16-30)27(31)34/h2-15,23-25H,1H3,(H2,31,34)/t23-,24+,25-,28-/m1/s1. The first-order chi connectivity index (χ1) is 16.9. The summed E-state index contributed by atoms with van der Waals surface area (Å²) in [7, 11) is 1.54. The first kappa shape index (κ1) is 22.4. The number of nitrogens with zero attached hydrogens (tertiary/aromatic N) is 2. The van der Waals surface area contributed by atoms with Crippen LogP contribution in [-0.4, -0.2) is 30.9 Å². The molecule has 7 heteroatoms. The van der Waals surface area contributed by atoms with Gasteiger partial charge in [0.15, 0.2) is 11.2 Å². The van der Waals surface area contributed by atoms with Crippen molar-refractivity contribution in [3.63, 3.8) is 0 Å². The van der Waals surface area contributed by atoms with Gasteiger partial charge in [-0.25, -0.2) is 4.39 Å². The number of Topliss-reactive ketones (excluding diaryl/α,β-unsaturated/α-hetero) is 1. The monoisotopic (exact) mass is 467 g/mol. The Kier molecular flexibility index (Phi) is 5.37. The molecular formula is C28H22FN3O3. The van der Waals surface area contributed by atoms with E-state index in [1.807, 2.05) is 0 Å². The number of methoxy groups -OCH3 is 1. The molecule has 0 aliphatic carbocycles. The normalized spacial score (nSPS) is 24.3. The highest BCUT2D eigenvalue weighted by Crippen LogP contribution is 2.55. The molecule has 2 aliphatic rings. The molecule has 0 unspecified atom stereocenters. The zero-order valence-electron chi connectivity index (χ0n) is 18.9. The van der Waals surface area contributed by atoms with Gasteiger partial charge in [-0.3, -0.25) is 9.59 Å². The molecule has 1 fully saturated rings. The number of rotatable bonds is 5. The highest BCUT2D eigenvalue weighted by atomic mass is 19.1. The predicted octanol–water partition coefficient (Wildman–Crippen LogP) is 4.08. The van der Waals surface area contributed by atoms with Crippen LogP contribution >= 0.6 is 0 Å². The highest BCUT2D eigenvalue weighted by molar-refractivity contribution is 6.06. The number of fused-ring (bicyclic) bond motifs is 3. The van der Waals surface area contributed by atoms with E-state index >= 15 is 0 Å². The summed E-state index contributed by atoms with van der Waals surface area (Å²) in [5.74, 6) is -1.81. The third-order valence-electron chi connectivity index (χ3n) is 6.99. The number of halogens is 1. The van der Waals surface area contributed by atoms with Gasteiger partial charge in [0.05, 0.1) is 19.2 Å². The van der Waals surface area contributed by atoms with Crippen LogP contribution in [0.2, 0.25) is 0 Å². The quantitative estimate of drug-likeness (QED) is 0.571. The van der Waals surface area contributed by atoms with E-state index in [0.29, 0.717) is 28.1 Å². The third kappa shape index (κ3) is 3.29. The molecular weight excluding hydrogens is 445 g/mol. The van der Waals surface area contributed by atoms with Crippen LogP contribution in [0, 0.1) is 22.6 Å². The summed E-state index contributed by atoms with van der Waals surface area (Å²) in [6, 6.07) is 20.3. The minimum absolute atomic E-state index is 0.264. The first-order valence-corrected chi connectivity index (χ1v) is 11.1. The molecule has 0 radical (unpaired) electrons. The van der Waals surface area contributed by atoms with Crippen molar-refractivity contribution < 1.29 is 18.7 Å². The molecule has 2 N–H and O–H groups in total. The lowest BCUT2D eigenvalue weighted by Gasteiger charge is -2.36. The number of nitriles is 1. The number of primary amides is 1. The number of nitrogens with two attached hydrogens (primary N) is 1. The number of ketones is 1. The van der Waals surface area contributed by atoms with E-state index in [2.05, 4.69) is 6.07 Å². The van der Waals surface area contributed by atoms with Gasteiger partial charge in [-0.2, -0.15) is 5.26 Å². The van der Waals surface area contributed by atoms with Crippen molar-refractivity contribution in [3.05, 3.63) is 101 Å². The molecule has 0 saturated carbocycles. The van der Waals surface area contributed by atoms with Crippen LogP contribution in [0.1, 0.15) is 27.4 Å². The average molecular weight is 468 g/mol. The maximum atomic E-state index is 14.1. The van der Waals surface area contributed by atoms with Crippen LogP contribution in [0.3, 0.4) is 0 Å². The second kappa shape index (κ2) is 8.41. The van der Waals surface area contributed by atoms with E-state index in [0.717, 1.165) is 0 Å². The Bertz CT molecular complexity index is 1380. The Morgan fingerprint density at radius 1 is 1.09 bits per heavy atom. The van der Waals surface area contributed by atoms with Crippen molar-refractivity contribution >= 4 is 23.5 Å². The number of ether oxygens (including phenoxy) is 1. The summed E-state index contributed by atoms with van der Waals surface area (Å²) in [4.78, 5) is 29.0. The molecule has 1 saturated heterocycles. The number of benzene rings is 3. The number of anilines is 1. The number of carbonyl (C=O) groups is 2. The van der Waals surface area contributed by atoms with Crippen molar-refractivity contribution in [1.82, 2.24) is 0 Å². The van der Waals surface area contributed by atoms with Gasteiger partial charge < -0.3 is 15.4 Å². The molecule has 3 aromatic carbocycles. The highest BCUT2D eigenvalue weighted by Gasteiger charge is 2.65. The second-order valence-electron chi connectivity index (χ2n) is 8.69. The fraction of sp³-hybridized carbons (Fsp3) is 0.179. The maximum absolute atomic E-state index is 14.1. The minimum atomic E-state index is -1.76. The van der Waals surface area contributed by atoms with Crippen molar-refractivity contribution in [3.8, 4) is 11.8 Å². The fourth-order valence-corrected chi connectivity index (χ4v) is 5.42. The molecule has 6 nitrogen and oxygen atoms in total. The molecule has 2 aliphatic heterocycles. The van der Waals surface area contributed by atoms with Gasteiger partial charge in [0.1, 0.15) is 17.6 Å². The second-order valence-corrected chi connectivity index (χ2v) is 8.69. The fourth-order valence-electron chi connectivity index (χ4n) is 5.42. The van der Waals surface area contributed by atoms with Crippen molar-refractivity contribution in [1.29, 1.82) is 5.26 Å². The number of carbonyl (C=O) groups excluding carboxylic acids is 2. The largest absolute Gasteiger partial charge is 0.497 e. The van der Waals surface area contributed by atoms with Crippen LogP contribution in [0.25, 0.3) is 6.08 Å². The molecule has 1 amide bonds. The lowest BCUT2D eigenvalue weighted by atomic mass is 9.67. The molecule has 2 heterocycles. The van der Waals surface area contributed by atoms with E-state index in [-0.39, 0.29) is 5.78 Å². The zero-order chi connectivity index (χ0) is 24.7. The number of hydrogen-bond acceptors (Lipinski definition) is 5. The van der Waals surface area contributed by atoms with E-state index in [9.17, 15) is 19.2 Å². The Balaban J connectivity index is 1.80. The molecule has 5 rings (SSSR count). The topological polar surface area (TPSA) is 96.4 Å². The Morgan fingerprint density at radius 3 is 2.43 bits per heavy atom. The molecule has 3 aromatic rings. The minimum Gasteiger partial charge on any atom is -0.497 e. The summed E-state index contributed by atoms with van der Waals surface area (Å²) in [5, 5.41) is 10.5. The maximum Gasteiger partial charge on any atom is 0.241 e. The van der Waals surface area contributed by atoms with E-state index in [1.165, 1.54) is 19.2 Å². The Labute approximate surface area is 202 Å². The lowest BCUT2D eigenvalue weighted by Crippen LogP contribution is -2.49. The Hall–Kier alpha value is -4.44. The summed E-state index contributed by atoms with van der Waals surface area (Å²) in [6.07, 6.45) is 3.35. The molecule has 174 valence electrons. The van der Waals surface area contributed by atoms with E-state index < -0.39 is 35.1 Å². The number of hydrogen-bond donors (Lipinski definition) is 1. The van der Waals surface area contributed by atoms with Gasteiger partial charge in [-0.15, -0.1) is 0 Å². The number of amides is 1.